The molecule has 15 heavy (non-hydrogen) atoms. The van der Waals surface area contributed by atoms with E-state index in [0.717, 1.165) is 11.6 Å². The highest BCUT2D eigenvalue weighted by molar-refractivity contribution is 6.64. The molecule has 1 rings (SSSR count). The molecule has 0 saturated heterocycles. The third kappa shape index (κ3) is 4.23. The fraction of sp³-hybridized carbons (Fsp3) is 0.273. The van der Waals surface area contributed by atoms with Crippen molar-refractivity contribution in [2.24, 2.45) is 0 Å². The first-order valence-corrected chi connectivity index (χ1v) is 4.87. The van der Waals surface area contributed by atoms with Gasteiger partial charge < -0.3 is 12.9 Å². The number of hydrogen-bond acceptors (Lipinski definition) is 0. The van der Waals surface area contributed by atoms with E-state index in [4.69, 9.17) is 0 Å². The Bertz CT molecular complexity index is 353. The van der Waals surface area contributed by atoms with Crippen molar-refractivity contribution in [2.45, 2.75) is 19.8 Å². The Morgan fingerprint density at radius 2 is 1.87 bits per heavy atom. The van der Waals surface area contributed by atoms with Gasteiger partial charge in [-0.15, -0.1) is 5.98 Å². The summed E-state index contributed by atoms with van der Waals surface area (Å²) in [6.07, 6.45) is 1.12. The Labute approximate surface area is 87.9 Å². The van der Waals surface area contributed by atoms with Gasteiger partial charge >= 0.3 is 6.98 Å². The summed E-state index contributed by atoms with van der Waals surface area (Å²) < 4.78 is 35.9. The standard InChI is InChI=1S/C11H13BF3/c1-9(2)11-5-3-4-10(8-11)6-7-12(13,14)15/h3-9H,1-2H3/q-1. The third-order valence-electron chi connectivity index (χ3n) is 2.08. The predicted octanol–water partition coefficient (Wildman–Crippen LogP) is 4.21. The van der Waals surface area contributed by atoms with Gasteiger partial charge in [0, 0.05) is 0 Å². The van der Waals surface area contributed by atoms with Crippen LogP contribution in [0.4, 0.5) is 12.9 Å². The highest BCUT2D eigenvalue weighted by atomic mass is 19.4. The summed E-state index contributed by atoms with van der Waals surface area (Å²) in [6, 6.07) is 7.15. The van der Waals surface area contributed by atoms with Crippen molar-refractivity contribution in [1.82, 2.24) is 0 Å². The van der Waals surface area contributed by atoms with Crippen LogP contribution in [-0.2, 0) is 0 Å². The molecule has 0 nitrogen and oxygen atoms in total. The summed E-state index contributed by atoms with van der Waals surface area (Å²) in [7, 11) is 0. The lowest BCUT2D eigenvalue weighted by Crippen LogP contribution is -2.09. The van der Waals surface area contributed by atoms with E-state index in [2.05, 4.69) is 0 Å². The van der Waals surface area contributed by atoms with E-state index in [9.17, 15) is 12.9 Å². The highest BCUT2D eigenvalue weighted by Gasteiger charge is 2.16. The second kappa shape index (κ2) is 4.56. The van der Waals surface area contributed by atoms with Crippen LogP contribution in [0.25, 0.3) is 6.08 Å². The fourth-order valence-corrected chi connectivity index (χ4v) is 1.24. The molecule has 1 aromatic rings. The van der Waals surface area contributed by atoms with Gasteiger partial charge in [0.05, 0.1) is 0 Å². The van der Waals surface area contributed by atoms with Crippen LogP contribution in [0.15, 0.2) is 30.2 Å². The number of halogens is 3. The molecule has 0 saturated carbocycles. The Morgan fingerprint density at radius 3 is 2.40 bits per heavy atom. The van der Waals surface area contributed by atoms with Gasteiger partial charge in [-0.05, 0) is 17.0 Å². The lowest BCUT2D eigenvalue weighted by atomic mass is 9.90. The van der Waals surface area contributed by atoms with Crippen LogP contribution in [0.2, 0.25) is 0 Å². The molecule has 0 aliphatic carbocycles. The van der Waals surface area contributed by atoms with Crippen LogP contribution >= 0.6 is 0 Å². The minimum absolute atomic E-state index is 0.319. The van der Waals surface area contributed by atoms with Crippen molar-refractivity contribution in [1.29, 1.82) is 0 Å². The van der Waals surface area contributed by atoms with Crippen molar-refractivity contribution < 1.29 is 12.9 Å². The minimum atomic E-state index is -4.84. The lowest BCUT2D eigenvalue weighted by Gasteiger charge is -2.08. The van der Waals surface area contributed by atoms with Crippen LogP contribution < -0.4 is 0 Å². The number of rotatable bonds is 3. The zero-order valence-corrected chi connectivity index (χ0v) is 8.75. The van der Waals surface area contributed by atoms with Crippen molar-refractivity contribution in [3.8, 4) is 0 Å². The molecule has 4 heteroatoms. The van der Waals surface area contributed by atoms with Crippen molar-refractivity contribution in [3.63, 3.8) is 0 Å². The average Bonchev–Trinajstić information content (AvgIpc) is 2.14. The average molecular weight is 213 g/mol. The van der Waals surface area contributed by atoms with Gasteiger partial charge in [-0.25, -0.2) is 0 Å². The molecule has 0 bridgehead atoms. The first-order chi connectivity index (χ1) is 6.88. The molecular formula is C11H13BF3-. The molecule has 0 fully saturated rings. The quantitative estimate of drug-likeness (QED) is 0.659. The largest absolute Gasteiger partial charge is 0.502 e. The van der Waals surface area contributed by atoms with Gasteiger partial charge in [-0.3, -0.25) is 0 Å². The number of hydrogen-bond donors (Lipinski definition) is 0. The van der Waals surface area contributed by atoms with E-state index in [1.807, 2.05) is 19.9 Å². The van der Waals surface area contributed by atoms with E-state index in [0.29, 0.717) is 17.5 Å². The zero-order valence-electron chi connectivity index (χ0n) is 8.75. The first-order valence-electron chi connectivity index (χ1n) is 4.87. The van der Waals surface area contributed by atoms with Crippen molar-refractivity contribution in [3.05, 3.63) is 41.4 Å². The molecule has 0 amide bonds. The molecule has 0 radical (unpaired) electrons. The first kappa shape index (κ1) is 11.9. The van der Waals surface area contributed by atoms with Gasteiger partial charge in [0.25, 0.3) is 0 Å². The highest BCUT2D eigenvalue weighted by Crippen LogP contribution is 2.18. The molecule has 82 valence electrons. The molecule has 0 aromatic heterocycles. The summed E-state index contributed by atoms with van der Waals surface area (Å²) in [5.74, 6) is 0.647. The normalized spacial score (nSPS) is 12.7. The second-order valence-electron chi connectivity index (χ2n) is 3.81. The summed E-state index contributed by atoms with van der Waals surface area (Å²) in [5.41, 5.74) is 1.65. The van der Waals surface area contributed by atoms with Gasteiger partial charge in [-0.2, -0.15) is 0 Å². The minimum Gasteiger partial charge on any atom is -0.445 e. The Morgan fingerprint density at radius 1 is 1.20 bits per heavy atom. The third-order valence-corrected chi connectivity index (χ3v) is 2.08. The van der Waals surface area contributed by atoms with Gasteiger partial charge in [-0.1, -0.05) is 44.2 Å². The molecule has 0 heterocycles. The van der Waals surface area contributed by atoms with E-state index in [-0.39, 0.29) is 0 Å². The maximum Gasteiger partial charge on any atom is 0.502 e. The van der Waals surface area contributed by atoms with Gasteiger partial charge in [0.15, 0.2) is 0 Å². The Balaban J connectivity index is 2.87. The van der Waals surface area contributed by atoms with Crippen LogP contribution in [0.3, 0.4) is 0 Å². The van der Waals surface area contributed by atoms with Crippen LogP contribution in [0.5, 0.6) is 0 Å². The second-order valence-corrected chi connectivity index (χ2v) is 3.81. The summed E-state index contributed by atoms with van der Waals surface area (Å²) in [6.45, 7) is -0.817. The summed E-state index contributed by atoms with van der Waals surface area (Å²) in [4.78, 5) is 0. The molecule has 0 atom stereocenters. The SMILES string of the molecule is CC(C)c1cccc(C=C[B-](F)(F)F)c1. The van der Waals surface area contributed by atoms with Crippen LogP contribution in [-0.4, -0.2) is 6.98 Å². The summed E-state index contributed by atoms with van der Waals surface area (Å²) >= 11 is 0. The van der Waals surface area contributed by atoms with E-state index >= 15 is 0 Å². The van der Waals surface area contributed by atoms with Crippen LogP contribution in [0.1, 0.15) is 30.9 Å². The molecule has 1 aromatic carbocycles. The van der Waals surface area contributed by atoms with Crippen molar-refractivity contribution >= 4 is 13.1 Å². The van der Waals surface area contributed by atoms with Gasteiger partial charge in [0.1, 0.15) is 0 Å². The fourth-order valence-electron chi connectivity index (χ4n) is 1.24. The van der Waals surface area contributed by atoms with Crippen LogP contribution in [0, 0.1) is 0 Å². The number of benzene rings is 1. The Hall–Kier alpha value is -1.19. The predicted molar refractivity (Wildman–Crippen MR) is 58.6 cm³/mol. The summed E-state index contributed by atoms with van der Waals surface area (Å²) in [5, 5.41) is 0. The smallest absolute Gasteiger partial charge is 0.445 e. The molecule has 0 aliphatic rings. The van der Waals surface area contributed by atoms with Gasteiger partial charge in [0.2, 0.25) is 0 Å². The monoisotopic (exact) mass is 213 g/mol. The van der Waals surface area contributed by atoms with E-state index in [1.165, 1.54) is 0 Å². The topological polar surface area (TPSA) is 0 Å². The zero-order chi connectivity index (χ0) is 11.5. The molecule has 0 aliphatic heterocycles. The lowest BCUT2D eigenvalue weighted by molar-refractivity contribution is 0.499. The maximum absolute atomic E-state index is 12.0. The molecule has 0 spiro atoms. The van der Waals surface area contributed by atoms with Crippen molar-refractivity contribution in [2.75, 3.05) is 0 Å². The Kier molecular flexibility index (Phi) is 3.61. The van der Waals surface area contributed by atoms with E-state index in [1.54, 1.807) is 18.2 Å². The maximum atomic E-state index is 12.0. The molecule has 0 N–H and O–H groups in total. The molecule has 0 unspecified atom stereocenters. The molecular weight excluding hydrogens is 200 g/mol. The van der Waals surface area contributed by atoms with E-state index < -0.39 is 6.98 Å².